The predicted molar refractivity (Wildman–Crippen MR) is 79.4 cm³/mol. The number of carbonyl (C=O) groups is 2. The molecule has 0 atom stereocenters. The molecular formula is C15H23N3O4. The number of likely N-dealkylation sites (tertiary alicyclic amines) is 1. The number of hydrogen-bond donors (Lipinski definition) is 1. The van der Waals surface area contributed by atoms with Gasteiger partial charge in [-0.3, -0.25) is 4.79 Å². The molecule has 0 unspecified atom stereocenters. The van der Waals surface area contributed by atoms with E-state index in [-0.39, 0.29) is 24.5 Å². The summed E-state index contributed by atoms with van der Waals surface area (Å²) in [5, 5.41) is 6.87. The molecular weight excluding hydrogens is 286 g/mol. The molecule has 1 fully saturated rings. The number of aromatic nitrogens is 1. The maximum Gasteiger partial charge on any atom is 0.409 e. The van der Waals surface area contributed by atoms with Crippen LogP contribution in [0.2, 0.25) is 0 Å². The maximum atomic E-state index is 12.1. The average Bonchev–Trinajstić information content (AvgIpc) is 2.80. The van der Waals surface area contributed by atoms with Gasteiger partial charge in [0.25, 0.3) is 0 Å². The minimum Gasteiger partial charge on any atom is -0.450 e. The van der Waals surface area contributed by atoms with Gasteiger partial charge in [0.05, 0.1) is 18.7 Å². The first kappa shape index (κ1) is 16.3. The van der Waals surface area contributed by atoms with Crippen molar-refractivity contribution in [2.24, 2.45) is 0 Å². The summed E-state index contributed by atoms with van der Waals surface area (Å²) in [6.07, 6.45) is 1.49. The number of amides is 2. The number of hydrogen-bond acceptors (Lipinski definition) is 5. The summed E-state index contributed by atoms with van der Waals surface area (Å²) in [5.74, 6) is 0.647. The van der Waals surface area contributed by atoms with Crippen LogP contribution >= 0.6 is 0 Å². The summed E-state index contributed by atoms with van der Waals surface area (Å²) < 4.78 is 10.0. The second-order valence-electron chi connectivity index (χ2n) is 5.51. The van der Waals surface area contributed by atoms with Crippen molar-refractivity contribution in [3.8, 4) is 0 Å². The molecule has 2 rings (SSSR count). The van der Waals surface area contributed by atoms with Gasteiger partial charge in [0, 0.05) is 24.7 Å². The van der Waals surface area contributed by atoms with Gasteiger partial charge in [-0.05, 0) is 33.6 Å². The molecule has 1 N–H and O–H groups in total. The topological polar surface area (TPSA) is 84.7 Å². The van der Waals surface area contributed by atoms with Crippen molar-refractivity contribution < 1.29 is 18.8 Å². The summed E-state index contributed by atoms with van der Waals surface area (Å²) in [4.78, 5) is 25.4. The van der Waals surface area contributed by atoms with Gasteiger partial charge in [-0.15, -0.1) is 0 Å². The lowest BCUT2D eigenvalue weighted by Crippen LogP contribution is -2.47. The molecule has 2 amide bonds. The van der Waals surface area contributed by atoms with E-state index in [0.717, 1.165) is 24.1 Å². The molecule has 122 valence electrons. The van der Waals surface area contributed by atoms with Crippen molar-refractivity contribution in [3.05, 3.63) is 17.0 Å². The van der Waals surface area contributed by atoms with Crippen LogP contribution in [0.5, 0.6) is 0 Å². The highest BCUT2D eigenvalue weighted by Crippen LogP contribution is 2.15. The van der Waals surface area contributed by atoms with E-state index < -0.39 is 0 Å². The number of rotatable bonds is 4. The lowest BCUT2D eigenvalue weighted by atomic mass is 10.0. The molecule has 1 aromatic heterocycles. The number of ether oxygens (including phenoxy) is 1. The zero-order valence-corrected chi connectivity index (χ0v) is 13.3. The number of nitrogens with one attached hydrogen (secondary N) is 1. The largest absolute Gasteiger partial charge is 0.450 e. The third kappa shape index (κ3) is 3.99. The van der Waals surface area contributed by atoms with Crippen LogP contribution in [0.4, 0.5) is 4.79 Å². The Morgan fingerprint density at radius 3 is 2.59 bits per heavy atom. The van der Waals surface area contributed by atoms with Gasteiger partial charge in [0.15, 0.2) is 0 Å². The molecule has 1 saturated heterocycles. The Morgan fingerprint density at radius 1 is 1.36 bits per heavy atom. The minimum atomic E-state index is -0.275. The zero-order valence-electron chi connectivity index (χ0n) is 13.3. The number of piperidine rings is 1. The highest BCUT2D eigenvalue weighted by Gasteiger charge is 2.25. The van der Waals surface area contributed by atoms with Gasteiger partial charge >= 0.3 is 6.09 Å². The normalized spacial score (nSPS) is 15.7. The van der Waals surface area contributed by atoms with Crippen molar-refractivity contribution in [2.45, 2.75) is 46.1 Å². The summed E-state index contributed by atoms with van der Waals surface area (Å²) in [6, 6.07) is 0.0960. The Kier molecular flexibility index (Phi) is 5.41. The van der Waals surface area contributed by atoms with E-state index in [0.29, 0.717) is 25.5 Å². The average molecular weight is 309 g/mol. The molecule has 1 aliphatic rings. The zero-order chi connectivity index (χ0) is 16.1. The highest BCUT2D eigenvalue weighted by atomic mass is 16.6. The second kappa shape index (κ2) is 7.29. The van der Waals surface area contributed by atoms with E-state index in [9.17, 15) is 9.59 Å². The maximum absolute atomic E-state index is 12.1. The first-order valence-corrected chi connectivity index (χ1v) is 7.64. The van der Waals surface area contributed by atoms with Crippen LogP contribution < -0.4 is 5.32 Å². The molecule has 0 spiro atoms. The van der Waals surface area contributed by atoms with Crippen LogP contribution in [0.1, 0.15) is 36.8 Å². The summed E-state index contributed by atoms with van der Waals surface area (Å²) >= 11 is 0. The van der Waals surface area contributed by atoms with Crippen molar-refractivity contribution in [3.63, 3.8) is 0 Å². The molecule has 1 aliphatic heterocycles. The Balaban J connectivity index is 1.78. The number of nitrogens with zero attached hydrogens (tertiary/aromatic N) is 2. The van der Waals surface area contributed by atoms with Gasteiger partial charge in [0.2, 0.25) is 5.91 Å². The van der Waals surface area contributed by atoms with Gasteiger partial charge in [0.1, 0.15) is 5.76 Å². The highest BCUT2D eigenvalue weighted by molar-refractivity contribution is 5.79. The van der Waals surface area contributed by atoms with Crippen molar-refractivity contribution in [1.29, 1.82) is 0 Å². The smallest absolute Gasteiger partial charge is 0.409 e. The van der Waals surface area contributed by atoms with Gasteiger partial charge in [-0.1, -0.05) is 5.16 Å². The van der Waals surface area contributed by atoms with Crippen molar-refractivity contribution >= 4 is 12.0 Å². The lowest BCUT2D eigenvalue weighted by Gasteiger charge is -2.31. The summed E-state index contributed by atoms with van der Waals surface area (Å²) in [7, 11) is 0. The molecule has 2 heterocycles. The Labute approximate surface area is 130 Å². The third-order valence-electron chi connectivity index (χ3n) is 3.90. The molecule has 0 radical (unpaired) electrons. The third-order valence-corrected chi connectivity index (χ3v) is 3.90. The van der Waals surface area contributed by atoms with Crippen LogP contribution in [-0.4, -0.2) is 47.8 Å². The predicted octanol–water partition coefficient (Wildman–Crippen LogP) is 1.57. The molecule has 7 heteroatoms. The van der Waals surface area contributed by atoms with Gasteiger partial charge in [-0.2, -0.15) is 0 Å². The van der Waals surface area contributed by atoms with E-state index in [2.05, 4.69) is 10.5 Å². The molecule has 7 nitrogen and oxygen atoms in total. The van der Waals surface area contributed by atoms with E-state index >= 15 is 0 Å². The van der Waals surface area contributed by atoms with E-state index in [1.807, 2.05) is 6.92 Å². The van der Waals surface area contributed by atoms with Crippen LogP contribution in [0.25, 0.3) is 0 Å². The first-order valence-electron chi connectivity index (χ1n) is 7.64. The molecule has 22 heavy (non-hydrogen) atoms. The summed E-state index contributed by atoms with van der Waals surface area (Å²) in [6.45, 7) is 7.02. The van der Waals surface area contributed by atoms with Crippen LogP contribution in [0, 0.1) is 13.8 Å². The summed E-state index contributed by atoms with van der Waals surface area (Å²) in [5.41, 5.74) is 1.60. The van der Waals surface area contributed by atoms with E-state index in [1.165, 1.54) is 0 Å². The number of carbonyl (C=O) groups excluding carboxylic acids is 2. The number of aryl methyl sites for hydroxylation is 2. The first-order chi connectivity index (χ1) is 10.5. The van der Waals surface area contributed by atoms with Gasteiger partial charge < -0.3 is 19.5 Å². The van der Waals surface area contributed by atoms with E-state index in [4.69, 9.17) is 9.26 Å². The van der Waals surface area contributed by atoms with E-state index in [1.54, 1.807) is 18.7 Å². The fourth-order valence-electron chi connectivity index (χ4n) is 2.61. The second-order valence-corrected chi connectivity index (χ2v) is 5.51. The Hall–Kier alpha value is -2.05. The van der Waals surface area contributed by atoms with Crippen molar-refractivity contribution in [2.75, 3.05) is 19.7 Å². The monoisotopic (exact) mass is 309 g/mol. The minimum absolute atomic E-state index is 0.0380. The Morgan fingerprint density at radius 2 is 2.05 bits per heavy atom. The quantitative estimate of drug-likeness (QED) is 0.912. The molecule has 0 bridgehead atoms. The van der Waals surface area contributed by atoms with Crippen LogP contribution in [-0.2, 0) is 16.0 Å². The van der Waals surface area contributed by atoms with Crippen LogP contribution in [0.15, 0.2) is 4.52 Å². The standard InChI is InChI=1S/C15H23N3O4/c1-4-21-15(20)18-7-5-12(6-8-18)16-14(19)9-13-10(2)17-22-11(13)3/h12H,4-9H2,1-3H3,(H,16,19). The fraction of sp³-hybridized carbons (Fsp3) is 0.667. The lowest BCUT2D eigenvalue weighted by molar-refractivity contribution is -0.121. The fourth-order valence-corrected chi connectivity index (χ4v) is 2.61. The molecule has 0 saturated carbocycles. The molecule has 0 aliphatic carbocycles. The Bertz CT molecular complexity index is 513. The van der Waals surface area contributed by atoms with Gasteiger partial charge in [-0.25, -0.2) is 4.79 Å². The SMILES string of the molecule is CCOC(=O)N1CCC(NC(=O)Cc2c(C)noc2C)CC1. The molecule has 1 aromatic rings. The van der Waals surface area contributed by atoms with Crippen LogP contribution in [0.3, 0.4) is 0 Å². The molecule has 0 aromatic carbocycles. The van der Waals surface area contributed by atoms with Crippen molar-refractivity contribution in [1.82, 2.24) is 15.4 Å².